The molecule has 5 heteroatoms. The zero-order valence-electron chi connectivity index (χ0n) is 12.7. The van der Waals surface area contributed by atoms with E-state index < -0.39 is 5.54 Å². The summed E-state index contributed by atoms with van der Waals surface area (Å²) >= 11 is 3.40. The van der Waals surface area contributed by atoms with Crippen molar-refractivity contribution in [1.82, 2.24) is 10.2 Å². The number of hydrogen-bond donors (Lipinski definition) is 2. The first-order chi connectivity index (χ1) is 9.93. The number of halogens is 1. The number of nitrogens with one attached hydrogen (secondary N) is 1. The number of likely N-dealkylation sites (N-methyl/N-ethyl adjacent to an activating group) is 1. The van der Waals surface area contributed by atoms with Gasteiger partial charge in [0.05, 0.1) is 0 Å². The Morgan fingerprint density at radius 1 is 1.48 bits per heavy atom. The summed E-state index contributed by atoms with van der Waals surface area (Å²) in [4.78, 5) is 14.9. The van der Waals surface area contributed by atoms with Crippen LogP contribution in [0.4, 0.5) is 0 Å². The highest BCUT2D eigenvalue weighted by atomic mass is 79.9. The number of amides is 1. The van der Waals surface area contributed by atoms with Crippen molar-refractivity contribution in [2.75, 3.05) is 19.6 Å². The molecule has 1 amide bonds. The fraction of sp³-hybridized carbons (Fsp3) is 0.562. The summed E-state index contributed by atoms with van der Waals surface area (Å²) in [6.07, 6.45) is 2.15. The Kier molecular flexibility index (Phi) is 5.41. The molecule has 1 saturated heterocycles. The van der Waals surface area contributed by atoms with Crippen molar-refractivity contribution in [3.8, 4) is 0 Å². The van der Waals surface area contributed by atoms with E-state index in [2.05, 4.69) is 33.1 Å². The Bertz CT molecular complexity index is 487. The molecule has 3 N–H and O–H groups in total. The molecule has 0 aromatic heterocycles. The van der Waals surface area contributed by atoms with E-state index in [0.717, 1.165) is 42.5 Å². The summed E-state index contributed by atoms with van der Waals surface area (Å²) < 4.78 is 0.980. The molecule has 2 atom stereocenters. The lowest BCUT2D eigenvalue weighted by atomic mass is 9.91. The van der Waals surface area contributed by atoms with Gasteiger partial charge in [-0.25, -0.2) is 0 Å². The summed E-state index contributed by atoms with van der Waals surface area (Å²) in [5.74, 6) is -0.104. The molecule has 0 saturated carbocycles. The van der Waals surface area contributed by atoms with Crippen LogP contribution in [0.1, 0.15) is 32.3 Å². The maximum absolute atomic E-state index is 12.5. The molecule has 116 valence electrons. The van der Waals surface area contributed by atoms with Gasteiger partial charge in [-0.05, 0) is 50.6 Å². The third-order valence-electron chi connectivity index (χ3n) is 4.20. The van der Waals surface area contributed by atoms with Gasteiger partial charge in [-0.2, -0.15) is 0 Å². The monoisotopic (exact) mass is 353 g/mol. The molecular formula is C16H24BrN3O. The SMILES string of the molecule is CCN1CCCC(NC(=O)C(C)(N)c2ccc(Br)cc2)C1. The van der Waals surface area contributed by atoms with Crippen LogP contribution in [0.15, 0.2) is 28.7 Å². The van der Waals surface area contributed by atoms with E-state index in [0.29, 0.717) is 0 Å². The molecule has 0 spiro atoms. The number of nitrogens with zero attached hydrogens (tertiary/aromatic N) is 1. The van der Waals surface area contributed by atoms with Crippen LogP contribution in [-0.4, -0.2) is 36.5 Å². The van der Waals surface area contributed by atoms with Crippen molar-refractivity contribution in [3.63, 3.8) is 0 Å². The minimum atomic E-state index is -1.00. The molecule has 1 fully saturated rings. The fourth-order valence-electron chi connectivity index (χ4n) is 2.72. The van der Waals surface area contributed by atoms with Crippen molar-refractivity contribution in [2.45, 2.75) is 38.3 Å². The molecule has 1 aliphatic heterocycles. The van der Waals surface area contributed by atoms with Crippen molar-refractivity contribution in [1.29, 1.82) is 0 Å². The lowest BCUT2D eigenvalue weighted by Crippen LogP contribution is -2.55. The molecule has 0 aliphatic carbocycles. The Labute approximate surface area is 135 Å². The van der Waals surface area contributed by atoms with Gasteiger partial charge in [-0.15, -0.1) is 0 Å². The molecule has 1 aromatic carbocycles. The first kappa shape index (κ1) is 16.5. The topological polar surface area (TPSA) is 58.4 Å². The molecule has 0 radical (unpaired) electrons. The number of rotatable bonds is 4. The van der Waals surface area contributed by atoms with E-state index in [1.165, 1.54) is 0 Å². The maximum atomic E-state index is 12.5. The molecule has 1 aromatic rings. The average Bonchev–Trinajstić information content (AvgIpc) is 2.48. The zero-order valence-corrected chi connectivity index (χ0v) is 14.3. The number of benzene rings is 1. The summed E-state index contributed by atoms with van der Waals surface area (Å²) in [5.41, 5.74) is 6.10. The van der Waals surface area contributed by atoms with Gasteiger partial charge in [0.15, 0.2) is 0 Å². The highest BCUT2D eigenvalue weighted by molar-refractivity contribution is 9.10. The number of piperidine rings is 1. The van der Waals surface area contributed by atoms with Crippen LogP contribution in [0, 0.1) is 0 Å². The molecule has 2 rings (SSSR count). The Hall–Kier alpha value is -0.910. The Morgan fingerprint density at radius 3 is 2.76 bits per heavy atom. The van der Waals surface area contributed by atoms with E-state index in [4.69, 9.17) is 5.73 Å². The van der Waals surface area contributed by atoms with Gasteiger partial charge < -0.3 is 16.0 Å². The minimum absolute atomic E-state index is 0.104. The number of nitrogens with two attached hydrogens (primary N) is 1. The maximum Gasteiger partial charge on any atom is 0.244 e. The molecule has 4 nitrogen and oxygen atoms in total. The standard InChI is InChI=1S/C16H24BrN3O/c1-3-20-10-4-5-14(11-20)19-15(21)16(2,18)12-6-8-13(17)9-7-12/h6-9,14H,3-5,10-11,18H2,1-2H3,(H,19,21). The van der Waals surface area contributed by atoms with Crippen molar-refractivity contribution >= 4 is 21.8 Å². The van der Waals surface area contributed by atoms with E-state index >= 15 is 0 Å². The van der Waals surface area contributed by atoms with Crippen LogP contribution < -0.4 is 11.1 Å². The largest absolute Gasteiger partial charge is 0.350 e. The Balaban J connectivity index is 2.02. The van der Waals surface area contributed by atoms with Crippen LogP contribution in [0.5, 0.6) is 0 Å². The normalized spacial score (nSPS) is 22.6. The van der Waals surface area contributed by atoms with Crippen LogP contribution in [0.3, 0.4) is 0 Å². The molecule has 1 heterocycles. The number of carbonyl (C=O) groups excluding carboxylic acids is 1. The van der Waals surface area contributed by atoms with Crippen LogP contribution in [-0.2, 0) is 10.3 Å². The highest BCUT2D eigenvalue weighted by Gasteiger charge is 2.32. The predicted molar refractivity (Wildman–Crippen MR) is 89.0 cm³/mol. The zero-order chi connectivity index (χ0) is 15.5. The fourth-order valence-corrected chi connectivity index (χ4v) is 2.99. The van der Waals surface area contributed by atoms with Gasteiger partial charge in [-0.3, -0.25) is 4.79 Å². The first-order valence-corrected chi connectivity index (χ1v) is 8.31. The van der Waals surface area contributed by atoms with Gasteiger partial charge >= 0.3 is 0 Å². The second-order valence-electron chi connectivity index (χ2n) is 5.92. The lowest BCUT2D eigenvalue weighted by Gasteiger charge is -2.34. The first-order valence-electron chi connectivity index (χ1n) is 7.51. The highest BCUT2D eigenvalue weighted by Crippen LogP contribution is 2.21. The minimum Gasteiger partial charge on any atom is -0.350 e. The van der Waals surface area contributed by atoms with Gasteiger partial charge in [0, 0.05) is 17.1 Å². The summed E-state index contributed by atoms with van der Waals surface area (Å²) in [5, 5.41) is 3.12. The number of carbonyl (C=O) groups is 1. The van der Waals surface area contributed by atoms with Crippen LogP contribution in [0.25, 0.3) is 0 Å². The van der Waals surface area contributed by atoms with Crippen molar-refractivity contribution in [3.05, 3.63) is 34.3 Å². The molecule has 0 bridgehead atoms. The van der Waals surface area contributed by atoms with Crippen LogP contribution >= 0.6 is 15.9 Å². The van der Waals surface area contributed by atoms with Crippen LogP contribution in [0.2, 0.25) is 0 Å². The lowest BCUT2D eigenvalue weighted by molar-refractivity contribution is -0.127. The third-order valence-corrected chi connectivity index (χ3v) is 4.73. The molecular weight excluding hydrogens is 330 g/mol. The summed E-state index contributed by atoms with van der Waals surface area (Å²) in [6.45, 7) is 6.98. The van der Waals surface area contributed by atoms with Gasteiger partial charge in [-0.1, -0.05) is 35.0 Å². The van der Waals surface area contributed by atoms with E-state index in [1.807, 2.05) is 24.3 Å². The molecule has 2 unspecified atom stereocenters. The second kappa shape index (κ2) is 6.90. The van der Waals surface area contributed by atoms with Gasteiger partial charge in [0.2, 0.25) is 5.91 Å². The number of hydrogen-bond acceptors (Lipinski definition) is 3. The van der Waals surface area contributed by atoms with Gasteiger partial charge in [0.25, 0.3) is 0 Å². The molecule has 1 aliphatic rings. The predicted octanol–water partition coefficient (Wildman–Crippen LogP) is 2.22. The summed E-state index contributed by atoms with van der Waals surface area (Å²) in [6, 6.07) is 7.80. The van der Waals surface area contributed by atoms with Crippen molar-refractivity contribution < 1.29 is 4.79 Å². The van der Waals surface area contributed by atoms with Crippen molar-refractivity contribution in [2.24, 2.45) is 5.73 Å². The average molecular weight is 354 g/mol. The second-order valence-corrected chi connectivity index (χ2v) is 6.83. The van der Waals surface area contributed by atoms with E-state index in [1.54, 1.807) is 6.92 Å². The number of likely N-dealkylation sites (tertiary alicyclic amines) is 1. The van der Waals surface area contributed by atoms with Gasteiger partial charge in [0.1, 0.15) is 5.54 Å². The quantitative estimate of drug-likeness (QED) is 0.872. The van der Waals surface area contributed by atoms with E-state index in [9.17, 15) is 4.79 Å². The smallest absolute Gasteiger partial charge is 0.244 e. The third kappa shape index (κ3) is 4.05. The Morgan fingerprint density at radius 2 is 2.14 bits per heavy atom. The summed E-state index contributed by atoms with van der Waals surface area (Å²) in [7, 11) is 0. The van der Waals surface area contributed by atoms with E-state index in [-0.39, 0.29) is 11.9 Å². The molecule has 21 heavy (non-hydrogen) atoms.